The second-order valence-electron chi connectivity index (χ2n) is 3.60. The zero-order valence-corrected chi connectivity index (χ0v) is 9.33. The van der Waals surface area contributed by atoms with Gasteiger partial charge in [0.2, 0.25) is 5.89 Å². The van der Waals surface area contributed by atoms with Gasteiger partial charge in [0.15, 0.2) is 12.7 Å². The molecule has 0 unspecified atom stereocenters. The van der Waals surface area contributed by atoms with Crippen LogP contribution in [0.2, 0.25) is 0 Å². The summed E-state index contributed by atoms with van der Waals surface area (Å²) in [5.74, 6) is 0.412. The van der Waals surface area contributed by atoms with Crippen molar-refractivity contribution >= 4 is 5.97 Å². The summed E-state index contributed by atoms with van der Waals surface area (Å²) in [5.41, 5.74) is 0.768. The summed E-state index contributed by atoms with van der Waals surface area (Å²) in [6.45, 7) is 2.17. The molecule has 0 saturated heterocycles. The van der Waals surface area contributed by atoms with Crippen molar-refractivity contribution in [3.05, 3.63) is 30.4 Å². The van der Waals surface area contributed by atoms with Crippen molar-refractivity contribution in [2.45, 2.75) is 19.9 Å². The Balaban J connectivity index is 2.10. The van der Waals surface area contributed by atoms with Crippen LogP contribution in [0.25, 0.3) is 11.5 Å². The summed E-state index contributed by atoms with van der Waals surface area (Å²) in [5, 5.41) is 12.6. The lowest BCUT2D eigenvalue weighted by atomic mass is 10.3. The van der Waals surface area contributed by atoms with Crippen LogP contribution in [0.1, 0.15) is 12.2 Å². The predicted molar refractivity (Wildman–Crippen MR) is 56.9 cm³/mol. The lowest BCUT2D eigenvalue weighted by Crippen LogP contribution is -2.38. The quantitative estimate of drug-likeness (QED) is 0.792. The van der Waals surface area contributed by atoms with Crippen LogP contribution in [-0.2, 0) is 11.3 Å². The highest BCUT2D eigenvalue weighted by molar-refractivity contribution is 5.66. The Kier molecular flexibility index (Phi) is 3.13. The minimum absolute atomic E-state index is 0.0507. The Morgan fingerprint density at radius 2 is 2.35 bits per heavy atom. The maximum atomic E-state index is 10.4. The fraction of sp³-hybridized carbons (Fsp3) is 0.273. The van der Waals surface area contributed by atoms with E-state index in [4.69, 9.17) is 9.52 Å². The van der Waals surface area contributed by atoms with E-state index < -0.39 is 5.97 Å². The molecule has 0 atom stereocenters. The Hall–Kier alpha value is -2.24. The van der Waals surface area contributed by atoms with Gasteiger partial charge in [0.1, 0.15) is 18.4 Å². The maximum Gasteiger partial charge on any atom is 0.309 e. The van der Waals surface area contributed by atoms with E-state index in [1.165, 1.54) is 0 Å². The minimum Gasteiger partial charge on any atom is -0.481 e. The molecule has 88 valence electrons. The predicted octanol–water partition coefficient (Wildman–Crippen LogP) is 0.807. The van der Waals surface area contributed by atoms with Crippen LogP contribution in [0.3, 0.4) is 0 Å². The van der Waals surface area contributed by atoms with Crippen molar-refractivity contribution in [2.75, 3.05) is 0 Å². The number of carboxylic acids is 1. The second-order valence-corrected chi connectivity index (χ2v) is 3.60. The molecular formula is C11H12N3O3+. The van der Waals surface area contributed by atoms with Crippen molar-refractivity contribution in [1.82, 2.24) is 10.1 Å². The zero-order chi connectivity index (χ0) is 12.3. The van der Waals surface area contributed by atoms with Gasteiger partial charge in [0, 0.05) is 6.07 Å². The van der Waals surface area contributed by atoms with E-state index in [1.54, 1.807) is 29.3 Å². The van der Waals surface area contributed by atoms with Crippen molar-refractivity contribution in [1.29, 1.82) is 0 Å². The van der Waals surface area contributed by atoms with E-state index in [0.717, 1.165) is 11.3 Å². The normalized spacial score (nSPS) is 10.4. The summed E-state index contributed by atoms with van der Waals surface area (Å²) in [6.07, 6.45) is 5.00. The van der Waals surface area contributed by atoms with E-state index in [0.29, 0.717) is 12.4 Å². The highest BCUT2D eigenvalue weighted by Crippen LogP contribution is 2.15. The van der Waals surface area contributed by atoms with Crippen molar-refractivity contribution < 1.29 is 19.0 Å². The van der Waals surface area contributed by atoms with E-state index in [2.05, 4.69) is 10.1 Å². The highest BCUT2D eigenvalue weighted by atomic mass is 16.4. The first-order chi connectivity index (χ1) is 8.15. The lowest BCUT2D eigenvalue weighted by molar-refractivity contribution is -0.752. The van der Waals surface area contributed by atoms with E-state index in [1.807, 2.05) is 6.92 Å². The van der Waals surface area contributed by atoms with E-state index in [-0.39, 0.29) is 6.42 Å². The van der Waals surface area contributed by atoms with Gasteiger partial charge >= 0.3 is 5.97 Å². The average Bonchev–Trinajstić information content (AvgIpc) is 2.74. The van der Waals surface area contributed by atoms with Crippen LogP contribution < -0.4 is 4.68 Å². The fourth-order valence-corrected chi connectivity index (χ4v) is 1.34. The standard InChI is InChI=1S/C11H11N3O3/c1-8-6-12-11(17-8)9-2-4-14(13-7-9)5-3-10(15)16/h2,4,6-7H,3,5H2,1H3/p+1. The topological polar surface area (TPSA) is 80.1 Å². The third-order valence-corrected chi connectivity index (χ3v) is 2.19. The van der Waals surface area contributed by atoms with Crippen LogP contribution in [-0.4, -0.2) is 21.2 Å². The molecule has 0 aliphatic carbocycles. The number of hydrogen-bond donors (Lipinski definition) is 1. The van der Waals surface area contributed by atoms with Gasteiger partial charge in [-0.2, -0.15) is 0 Å². The SMILES string of the molecule is Cc1cnc(-c2cc[n+](CCC(=O)O)nc2)o1. The second kappa shape index (κ2) is 4.73. The zero-order valence-electron chi connectivity index (χ0n) is 9.33. The van der Waals surface area contributed by atoms with Gasteiger partial charge in [-0.05, 0) is 12.0 Å². The Labute approximate surface area is 97.5 Å². The molecule has 0 aliphatic heterocycles. The summed E-state index contributed by atoms with van der Waals surface area (Å²) in [4.78, 5) is 14.5. The van der Waals surface area contributed by atoms with Gasteiger partial charge < -0.3 is 9.52 Å². The number of carbonyl (C=O) groups is 1. The monoisotopic (exact) mass is 234 g/mol. The van der Waals surface area contributed by atoms with Crippen LogP contribution in [0, 0.1) is 6.92 Å². The van der Waals surface area contributed by atoms with E-state index in [9.17, 15) is 4.79 Å². The number of aromatic nitrogens is 3. The molecule has 0 bridgehead atoms. The molecule has 0 aliphatic rings. The maximum absolute atomic E-state index is 10.4. The summed E-state index contributed by atoms with van der Waals surface area (Å²) in [7, 11) is 0. The van der Waals surface area contributed by atoms with Crippen LogP contribution in [0.15, 0.2) is 29.1 Å². The number of nitrogens with zero attached hydrogens (tertiary/aromatic N) is 3. The first-order valence-electron chi connectivity index (χ1n) is 5.15. The molecule has 0 fully saturated rings. The number of oxazole rings is 1. The first-order valence-corrected chi connectivity index (χ1v) is 5.15. The molecule has 6 heteroatoms. The molecule has 0 aromatic carbocycles. The average molecular weight is 234 g/mol. The first kappa shape index (κ1) is 11.3. The largest absolute Gasteiger partial charge is 0.481 e. The number of carboxylic acid groups (broad SMARTS) is 1. The number of hydrogen-bond acceptors (Lipinski definition) is 4. The van der Waals surface area contributed by atoms with Gasteiger partial charge in [-0.3, -0.25) is 4.79 Å². The van der Waals surface area contributed by atoms with Gasteiger partial charge in [0.25, 0.3) is 0 Å². The number of rotatable bonds is 4. The molecule has 1 N–H and O–H groups in total. The van der Waals surface area contributed by atoms with Gasteiger partial charge in [-0.25, -0.2) is 4.98 Å². The number of aryl methyl sites for hydroxylation is 2. The third kappa shape index (κ3) is 2.87. The molecule has 2 aromatic rings. The van der Waals surface area contributed by atoms with Gasteiger partial charge in [-0.15, -0.1) is 0 Å². The molecular weight excluding hydrogens is 222 g/mol. The van der Waals surface area contributed by atoms with Crippen LogP contribution in [0.4, 0.5) is 0 Å². The van der Waals surface area contributed by atoms with Crippen molar-refractivity contribution in [3.63, 3.8) is 0 Å². The molecule has 17 heavy (non-hydrogen) atoms. The van der Waals surface area contributed by atoms with Crippen molar-refractivity contribution in [3.8, 4) is 11.5 Å². The molecule has 0 radical (unpaired) electrons. The van der Waals surface area contributed by atoms with Crippen LogP contribution in [0.5, 0.6) is 0 Å². The molecule has 0 saturated carbocycles. The van der Waals surface area contributed by atoms with E-state index >= 15 is 0 Å². The summed E-state index contributed by atoms with van der Waals surface area (Å²) < 4.78 is 6.92. The molecule has 2 rings (SSSR count). The Morgan fingerprint density at radius 1 is 1.53 bits per heavy atom. The summed E-state index contributed by atoms with van der Waals surface area (Å²) >= 11 is 0. The molecule has 2 heterocycles. The third-order valence-electron chi connectivity index (χ3n) is 2.19. The fourth-order valence-electron chi connectivity index (χ4n) is 1.34. The Morgan fingerprint density at radius 3 is 2.88 bits per heavy atom. The lowest BCUT2D eigenvalue weighted by Gasteiger charge is -1.94. The number of aliphatic carboxylic acids is 1. The molecule has 0 spiro atoms. The molecule has 2 aromatic heterocycles. The van der Waals surface area contributed by atoms with Crippen LogP contribution >= 0.6 is 0 Å². The van der Waals surface area contributed by atoms with Gasteiger partial charge in [-0.1, -0.05) is 4.68 Å². The van der Waals surface area contributed by atoms with Gasteiger partial charge in [0.05, 0.1) is 11.8 Å². The molecule has 0 amide bonds. The smallest absolute Gasteiger partial charge is 0.309 e. The summed E-state index contributed by atoms with van der Waals surface area (Å²) in [6, 6.07) is 1.79. The van der Waals surface area contributed by atoms with Crippen molar-refractivity contribution in [2.24, 2.45) is 0 Å². The Bertz CT molecular complexity index is 519. The minimum atomic E-state index is -0.841. The highest BCUT2D eigenvalue weighted by Gasteiger charge is 2.10. The molecule has 6 nitrogen and oxygen atoms in total.